The van der Waals surface area contributed by atoms with Crippen molar-refractivity contribution in [3.05, 3.63) is 53.1 Å². The van der Waals surface area contributed by atoms with Gasteiger partial charge in [-0.1, -0.05) is 30.7 Å². The first kappa shape index (κ1) is 25.5. The highest BCUT2D eigenvalue weighted by Crippen LogP contribution is 2.31. The number of para-hydroxylation sites is 1. The molecule has 0 unspecified atom stereocenters. The van der Waals surface area contributed by atoms with Crippen LogP contribution >= 0.6 is 11.6 Å². The topological polar surface area (TPSA) is 105 Å². The Bertz CT molecular complexity index is 1090. The molecule has 2 aromatic rings. The summed E-state index contributed by atoms with van der Waals surface area (Å²) in [5, 5.41) is 5.74. The molecule has 2 amide bonds. The maximum absolute atomic E-state index is 13.0. The SMILES string of the molecule is CC[C@@H](C)NC(=O)c1ccccc1NC(=O)[C@@H](C)N(c1ccc(OC)c(Cl)c1)S(C)(=O)=O. The van der Waals surface area contributed by atoms with Crippen molar-refractivity contribution in [2.24, 2.45) is 0 Å². The molecule has 2 N–H and O–H groups in total. The second-order valence-corrected chi connectivity index (χ2v) is 9.64. The van der Waals surface area contributed by atoms with Gasteiger partial charge in [0.15, 0.2) is 0 Å². The molecule has 2 aromatic carbocycles. The van der Waals surface area contributed by atoms with E-state index in [2.05, 4.69) is 10.6 Å². The van der Waals surface area contributed by atoms with Gasteiger partial charge < -0.3 is 15.4 Å². The summed E-state index contributed by atoms with van der Waals surface area (Å²) in [5.74, 6) is -0.557. The smallest absolute Gasteiger partial charge is 0.253 e. The first-order valence-corrected chi connectivity index (χ1v) is 12.3. The second kappa shape index (κ2) is 10.7. The number of ether oxygens (including phenoxy) is 1. The average Bonchev–Trinajstić information content (AvgIpc) is 2.73. The summed E-state index contributed by atoms with van der Waals surface area (Å²) in [4.78, 5) is 25.6. The first-order valence-electron chi connectivity index (χ1n) is 10.0. The molecule has 0 saturated heterocycles. The molecular weight excluding hydrogens is 454 g/mol. The molecule has 8 nitrogen and oxygen atoms in total. The molecule has 0 fully saturated rings. The number of sulfonamides is 1. The molecule has 0 aliphatic rings. The molecule has 0 aromatic heterocycles. The summed E-state index contributed by atoms with van der Waals surface area (Å²) >= 11 is 6.16. The van der Waals surface area contributed by atoms with E-state index in [9.17, 15) is 18.0 Å². The van der Waals surface area contributed by atoms with E-state index in [1.165, 1.54) is 32.2 Å². The van der Waals surface area contributed by atoms with Crippen molar-refractivity contribution in [1.29, 1.82) is 0 Å². The summed E-state index contributed by atoms with van der Waals surface area (Å²) < 4.78 is 31.1. The van der Waals surface area contributed by atoms with Crippen LogP contribution in [0.15, 0.2) is 42.5 Å². The zero-order valence-electron chi connectivity index (χ0n) is 18.7. The van der Waals surface area contributed by atoms with Gasteiger partial charge in [0.1, 0.15) is 11.8 Å². The van der Waals surface area contributed by atoms with E-state index in [-0.39, 0.29) is 33.9 Å². The summed E-state index contributed by atoms with van der Waals surface area (Å²) in [6.45, 7) is 5.28. The number of hydrogen-bond acceptors (Lipinski definition) is 5. The molecule has 0 heterocycles. The van der Waals surface area contributed by atoms with Gasteiger partial charge in [-0.15, -0.1) is 0 Å². The number of amides is 2. The average molecular weight is 482 g/mol. The highest BCUT2D eigenvalue weighted by atomic mass is 35.5. The number of halogens is 1. The lowest BCUT2D eigenvalue weighted by molar-refractivity contribution is -0.116. The van der Waals surface area contributed by atoms with Gasteiger partial charge in [0.05, 0.1) is 35.3 Å². The number of anilines is 2. The van der Waals surface area contributed by atoms with Gasteiger partial charge in [-0.3, -0.25) is 13.9 Å². The van der Waals surface area contributed by atoms with Gasteiger partial charge in [0.25, 0.3) is 5.91 Å². The lowest BCUT2D eigenvalue weighted by Gasteiger charge is -2.28. The van der Waals surface area contributed by atoms with E-state index in [0.29, 0.717) is 5.75 Å². The number of carbonyl (C=O) groups is 2. The zero-order valence-corrected chi connectivity index (χ0v) is 20.3. The minimum Gasteiger partial charge on any atom is -0.495 e. The number of methoxy groups -OCH3 is 1. The number of hydrogen-bond donors (Lipinski definition) is 2. The van der Waals surface area contributed by atoms with Gasteiger partial charge >= 0.3 is 0 Å². The maximum Gasteiger partial charge on any atom is 0.253 e. The number of nitrogens with zero attached hydrogens (tertiary/aromatic N) is 1. The second-order valence-electron chi connectivity index (χ2n) is 7.37. The molecular formula is C22H28ClN3O5S. The Balaban J connectivity index is 2.34. The highest BCUT2D eigenvalue weighted by Gasteiger charge is 2.30. The Morgan fingerprint density at radius 2 is 1.81 bits per heavy atom. The third-order valence-corrected chi connectivity index (χ3v) is 6.43. The molecule has 32 heavy (non-hydrogen) atoms. The van der Waals surface area contributed by atoms with Gasteiger partial charge in [0, 0.05) is 6.04 Å². The Kier molecular flexibility index (Phi) is 8.51. The van der Waals surface area contributed by atoms with Crippen LogP contribution in [-0.2, 0) is 14.8 Å². The van der Waals surface area contributed by atoms with Crippen LogP contribution in [0.1, 0.15) is 37.6 Å². The van der Waals surface area contributed by atoms with Crippen molar-refractivity contribution in [1.82, 2.24) is 5.32 Å². The molecule has 0 radical (unpaired) electrons. The minimum atomic E-state index is -3.84. The van der Waals surface area contributed by atoms with Gasteiger partial charge in [0.2, 0.25) is 15.9 Å². The number of benzene rings is 2. The summed E-state index contributed by atoms with van der Waals surface area (Å²) in [6, 6.07) is 9.83. The van der Waals surface area contributed by atoms with Crippen molar-refractivity contribution in [2.75, 3.05) is 23.0 Å². The van der Waals surface area contributed by atoms with Crippen LogP contribution in [0.4, 0.5) is 11.4 Å². The Hall–Kier alpha value is -2.78. The van der Waals surface area contributed by atoms with Crippen molar-refractivity contribution in [3.63, 3.8) is 0 Å². The normalized spacial score (nSPS) is 13.1. The van der Waals surface area contributed by atoms with E-state index in [1.807, 2.05) is 13.8 Å². The highest BCUT2D eigenvalue weighted by molar-refractivity contribution is 7.92. The van der Waals surface area contributed by atoms with Crippen molar-refractivity contribution in [3.8, 4) is 5.75 Å². The fourth-order valence-corrected chi connectivity index (χ4v) is 4.45. The number of rotatable bonds is 9. The zero-order chi connectivity index (χ0) is 24.1. The lowest BCUT2D eigenvalue weighted by atomic mass is 10.1. The van der Waals surface area contributed by atoms with E-state index in [0.717, 1.165) is 17.0 Å². The molecule has 174 valence electrons. The largest absolute Gasteiger partial charge is 0.495 e. The Morgan fingerprint density at radius 1 is 1.16 bits per heavy atom. The van der Waals surface area contributed by atoms with Crippen LogP contribution < -0.4 is 19.7 Å². The van der Waals surface area contributed by atoms with Crippen LogP contribution in [0.2, 0.25) is 5.02 Å². The van der Waals surface area contributed by atoms with Crippen molar-refractivity contribution >= 4 is 44.8 Å². The number of nitrogens with one attached hydrogen (secondary N) is 2. The third kappa shape index (κ3) is 6.14. The van der Waals surface area contributed by atoms with Crippen LogP contribution in [0.25, 0.3) is 0 Å². The van der Waals surface area contributed by atoms with Gasteiger partial charge in [-0.25, -0.2) is 8.42 Å². The van der Waals surface area contributed by atoms with E-state index < -0.39 is 22.0 Å². The quantitative estimate of drug-likeness (QED) is 0.568. The summed E-state index contributed by atoms with van der Waals surface area (Å²) in [5.41, 5.74) is 0.780. The molecule has 2 rings (SSSR count). The van der Waals surface area contributed by atoms with Crippen LogP contribution in [0, 0.1) is 0 Å². The van der Waals surface area contributed by atoms with Gasteiger partial charge in [-0.2, -0.15) is 0 Å². The minimum absolute atomic E-state index is 0.0364. The standard InChI is InChI=1S/C22H28ClN3O5S/c1-6-14(2)24-22(28)17-9-7-8-10-19(17)25-21(27)15(3)26(32(5,29)30)16-11-12-20(31-4)18(23)13-16/h7-15H,6H2,1-5H3,(H,24,28)(H,25,27)/t14-,15-/m1/s1. The van der Waals surface area contributed by atoms with Crippen LogP contribution in [0.5, 0.6) is 5.75 Å². The van der Waals surface area contributed by atoms with Crippen molar-refractivity contribution in [2.45, 2.75) is 39.3 Å². The molecule has 0 aliphatic heterocycles. The monoisotopic (exact) mass is 481 g/mol. The molecule has 0 spiro atoms. The predicted octanol–water partition coefficient (Wildman–Crippen LogP) is 3.67. The summed E-state index contributed by atoms with van der Waals surface area (Å²) in [7, 11) is -2.40. The fraction of sp³-hybridized carbons (Fsp3) is 0.364. The fourth-order valence-electron chi connectivity index (χ4n) is 3.03. The Labute approximate surface area is 193 Å². The molecule has 10 heteroatoms. The van der Waals surface area contributed by atoms with E-state index in [1.54, 1.807) is 24.3 Å². The molecule has 0 bridgehead atoms. The first-order chi connectivity index (χ1) is 15.0. The van der Waals surface area contributed by atoms with Crippen molar-refractivity contribution < 1.29 is 22.7 Å². The summed E-state index contributed by atoms with van der Waals surface area (Å²) in [6.07, 6.45) is 1.76. The molecule has 0 saturated carbocycles. The third-order valence-electron chi connectivity index (χ3n) is 4.90. The lowest BCUT2D eigenvalue weighted by Crippen LogP contribution is -2.45. The van der Waals surface area contributed by atoms with E-state index >= 15 is 0 Å². The van der Waals surface area contributed by atoms with E-state index in [4.69, 9.17) is 16.3 Å². The number of carbonyl (C=O) groups excluding carboxylic acids is 2. The van der Waals surface area contributed by atoms with Crippen LogP contribution in [-0.4, -0.2) is 45.7 Å². The van der Waals surface area contributed by atoms with Gasteiger partial charge in [-0.05, 0) is 50.6 Å². The molecule has 0 aliphatic carbocycles. The maximum atomic E-state index is 13.0. The Morgan fingerprint density at radius 3 is 2.38 bits per heavy atom. The van der Waals surface area contributed by atoms with Crippen LogP contribution in [0.3, 0.4) is 0 Å². The molecule has 2 atom stereocenters. The predicted molar refractivity (Wildman–Crippen MR) is 127 cm³/mol.